The number of hydrogen-bond acceptors (Lipinski definition) is 6. The van der Waals surface area contributed by atoms with Crippen LogP contribution in [0, 0.1) is 5.92 Å². The molecule has 196 valence electrons. The Bertz CT molecular complexity index is 875. The summed E-state index contributed by atoms with van der Waals surface area (Å²) in [7, 11) is 3.42. The Morgan fingerprint density at radius 2 is 1.80 bits per heavy atom. The number of rotatable bonds is 9. The second kappa shape index (κ2) is 12.8. The quantitative estimate of drug-likeness (QED) is 0.512. The molecule has 0 bridgehead atoms. The van der Waals surface area contributed by atoms with E-state index >= 15 is 0 Å². The minimum atomic E-state index is -0.564. The molecule has 2 rings (SSSR count). The van der Waals surface area contributed by atoms with Gasteiger partial charge in [-0.3, -0.25) is 9.59 Å². The summed E-state index contributed by atoms with van der Waals surface area (Å²) in [5.41, 5.74) is 0.312. The van der Waals surface area contributed by atoms with Gasteiger partial charge in [0.1, 0.15) is 5.60 Å². The first kappa shape index (κ1) is 28.4. The number of amides is 3. The highest BCUT2D eigenvalue weighted by Crippen LogP contribution is 2.31. The molecule has 1 aromatic rings. The Labute approximate surface area is 209 Å². The molecule has 9 heteroatoms. The summed E-state index contributed by atoms with van der Waals surface area (Å²) in [5.74, 6) is 0.0261. The Kier molecular flexibility index (Phi) is 10.4. The minimum absolute atomic E-state index is 0.00538. The number of nitrogens with one attached hydrogen (secondary N) is 2. The third-order valence-electron chi connectivity index (χ3n) is 5.90. The summed E-state index contributed by atoms with van der Waals surface area (Å²) in [6, 6.07) is 5.23. The molecule has 1 saturated heterocycles. The van der Waals surface area contributed by atoms with Crippen molar-refractivity contribution in [3.8, 4) is 5.75 Å². The highest BCUT2D eigenvalue weighted by molar-refractivity contribution is 6.01. The third-order valence-corrected chi connectivity index (χ3v) is 5.90. The number of benzene rings is 1. The van der Waals surface area contributed by atoms with Crippen molar-refractivity contribution in [1.29, 1.82) is 0 Å². The molecule has 0 unspecified atom stereocenters. The molecular formula is C26H42N4O5. The van der Waals surface area contributed by atoms with Gasteiger partial charge in [0, 0.05) is 32.6 Å². The molecule has 0 spiro atoms. The lowest BCUT2D eigenvalue weighted by atomic mass is 9.97. The molecule has 0 atom stereocenters. The number of nitrogens with zero attached hydrogens (tertiary/aromatic N) is 2. The number of hydrogen-bond donors (Lipinski definition) is 2. The standard InChI is InChI=1S/C26H42N4O5/c1-18(2)30(7)24(32)20-10-8-11-21(28-23(31)19-12-14-27-15-13-19)22(20)34-17-9-16-29(6)25(33)35-26(3,4)5/h8,10-11,18-19,27H,9,12-17H2,1-7H3,(H,28,31). The maximum Gasteiger partial charge on any atom is 0.410 e. The predicted octanol–water partition coefficient (Wildman–Crippen LogP) is 3.74. The van der Waals surface area contributed by atoms with Crippen molar-refractivity contribution in [1.82, 2.24) is 15.1 Å². The molecule has 0 saturated carbocycles. The van der Waals surface area contributed by atoms with Gasteiger partial charge in [0.05, 0.1) is 17.9 Å². The average Bonchev–Trinajstić information content (AvgIpc) is 2.80. The van der Waals surface area contributed by atoms with Crippen LogP contribution in [0.25, 0.3) is 0 Å². The lowest BCUT2D eigenvalue weighted by Gasteiger charge is -2.26. The number of para-hydroxylation sites is 1. The Hall–Kier alpha value is -2.81. The summed E-state index contributed by atoms with van der Waals surface area (Å²) in [6.45, 7) is 11.7. The van der Waals surface area contributed by atoms with Gasteiger partial charge >= 0.3 is 6.09 Å². The first-order chi connectivity index (χ1) is 16.4. The van der Waals surface area contributed by atoms with Gasteiger partial charge in [-0.05, 0) is 79.1 Å². The van der Waals surface area contributed by atoms with Crippen molar-refractivity contribution in [2.24, 2.45) is 5.92 Å². The van der Waals surface area contributed by atoms with Gasteiger partial charge < -0.3 is 29.9 Å². The van der Waals surface area contributed by atoms with Gasteiger partial charge in [0.2, 0.25) is 5.91 Å². The van der Waals surface area contributed by atoms with Crippen LogP contribution in [0.3, 0.4) is 0 Å². The summed E-state index contributed by atoms with van der Waals surface area (Å²) >= 11 is 0. The smallest absolute Gasteiger partial charge is 0.410 e. The van der Waals surface area contributed by atoms with E-state index in [1.165, 1.54) is 4.90 Å². The van der Waals surface area contributed by atoms with E-state index in [1.54, 1.807) is 37.2 Å². The monoisotopic (exact) mass is 490 g/mol. The Morgan fingerprint density at radius 1 is 1.14 bits per heavy atom. The van der Waals surface area contributed by atoms with Crippen LogP contribution in [0.2, 0.25) is 0 Å². The molecule has 0 aliphatic carbocycles. The normalized spacial score (nSPS) is 14.4. The number of anilines is 1. The van der Waals surface area contributed by atoms with Gasteiger partial charge in [-0.2, -0.15) is 0 Å². The Balaban J connectivity index is 2.14. The molecule has 1 aliphatic heterocycles. The van der Waals surface area contributed by atoms with E-state index in [9.17, 15) is 14.4 Å². The van der Waals surface area contributed by atoms with E-state index in [2.05, 4.69) is 10.6 Å². The number of carbonyl (C=O) groups is 3. The van der Waals surface area contributed by atoms with E-state index in [0.717, 1.165) is 25.9 Å². The minimum Gasteiger partial charge on any atom is -0.490 e. The zero-order valence-corrected chi connectivity index (χ0v) is 22.3. The molecule has 1 fully saturated rings. The molecule has 1 aliphatic rings. The van der Waals surface area contributed by atoms with Gasteiger partial charge in [-0.1, -0.05) is 6.07 Å². The van der Waals surface area contributed by atoms with Crippen molar-refractivity contribution in [2.75, 3.05) is 45.7 Å². The molecule has 0 aromatic heterocycles. The molecule has 1 heterocycles. The van der Waals surface area contributed by atoms with E-state index in [4.69, 9.17) is 9.47 Å². The largest absolute Gasteiger partial charge is 0.490 e. The topological polar surface area (TPSA) is 100 Å². The van der Waals surface area contributed by atoms with Crippen LogP contribution < -0.4 is 15.4 Å². The number of ether oxygens (including phenoxy) is 2. The van der Waals surface area contributed by atoms with Crippen molar-refractivity contribution >= 4 is 23.6 Å². The molecule has 9 nitrogen and oxygen atoms in total. The fraction of sp³-hybridized carbons (Fsp3) is 0.654. The summed E-state index contributed by atoms with van der Waals surface area (Å²) < 4.78 is 11.5. The Morgan fingerprint density at radius 3 is 2.40 bits per heavy atom. The van der Waals surface area contributed by atoms with Gasteiger partial charge in [-0.25, -0.2) is 4.79 Å². The van der Waals surface area contributed by atoms with Crippen LogP contribution in [0.1, 0.15) is 64.2 Å². The molecule has 0 radical (unpaired) electrons. The summed E-state index contributed by atoms with van der Waals surface area (Å²) in [6.07, 6.45) is 1.67. The zero-order chi connectivity index (χ0) is 26.2. The predicted molar refractivity (Wildman–Crippen MR) is 137 cm³/mol. The number of piperidine rings is 1. The summed E-state index contributed by atoms with van der Waals surface area (Å²) in [5, 5.41) is 6.25. The van der Waals surface area contributed by atoms with Gasteiger partial charge in [0.25, 0.3) is 5.91 Å². The molecular weight excluding hydrogens is 448 g/mol. The van der Waals surface area contributed by atoms with Crippen LogP contribution in [0.4, 0.5) is 10.5 Å². The maximum atomic E-state index is 13.2. The lowest BCUT2D eigenvalue weighted by molar-refractivity contribution is -0.120. The van der Waals surface area contributed by atoms with Crippen LogP contribution in [0.15, 0.2) is 18.2 Å². The highest BCUT2D eigenvalue weighted by Gasteiger charge is 2.25. The second-order valence-electron chi connectivity index (χ2n) is 10.3. The molecule has 2 N–H and O–H groups in total. The first-order valence-corrected chi connectivity index (χ1v) is 12.4. The average molecular weight is 491 g/mol. The van der Waals surface area contributed by atoms with Crippen molar-refractivity contribution in [3.05, 3.63) is 23.8 Å². The number of carbonyl (C=O) groups excluding carboxylic acids is 3. The summed E-state index contributed by atoms with van der Waals surface area (Å²) in [4.78, 5) is 41.4. The fourth-order valence-electron chi connectivity index (χ4n) is 3.61. The van der Waals surface area contributed by atoms with Crippen molar-refractivity contribution in [2.45, 2.75) is 65.5 Å². The van der Waals surface area contributed by atoms with Gasteiger partial charge in [-0.15, -0.1) is 0 Å². The highest BCUT2D eigenvalue weighted by atomic mass is 16.6. The fourth-order valence-corrected chi connectivity index (χ4v) is 3.61. The van der Waals surface area contributed by atoms with Crippen molar-refractivity contribution in [3.63, 3.8) is 0 Å². The lowest BCUT2D eigenvalue weighted by Crippen LogP contribution is -2.35. The zero-order valence-electron chi connectivity index (χ0n) is 22.3. The van der Waals surface area contributed by atoms with Crippen LogP contribution in [-0.4, -0.2) is 79.7 Å². The molecule has 35 heavy (non-hydrogen) atoms. The van der Waals surface area contributed by atoms with Crippen LogP contribution in [-0.2, 0) is 9.53 Å². The maximum absolute atomic E-state index is 13.2. The van der Waals surface area contributed by atoms with E-state index in [-0.39, 0.29) is 30.4 Å². The van der Waals surface area contributed by atoms with Crippen LogP contribution in [0.5, 0.6) is 5.75 Å². The SMILES string of the molecule is CC(C)N(C)C(=O)c1cccc(NC(=O)C2CCNCC2)c1OCCCN(C)C(=O)OC(C)(C)C. The van der Waals surface area contributed by atoms with Crippen LogP contribution >= 0.6 is 0 Å². The van der Waals surface area contributed by atoms with E-state index < -0.39 is 11.7 Å². The van der Waals surface area contributed by atoms with E-state index in [0.29, 0.717) is 30.0 Å². The van der Waals surface area contributed by atoms with Crippen molar-refractivity contribution < 1.29 is 23.9 Å². The third kappa shape index (κ3) is 8.72. The van der Waals surface area contributed by atoms with Gasteiger partial charge in [0.15, 0.2) is 5.75 Å². The first-order valence-electron chi connectivity index (χ1n) is 12.4. The van der Waals surface area contributed by atoms with E-state index in [1.807, 2.05) is 34.6 Å². The molecule has 3 amide bonds. The second-order valence-corrected chi connectivity index (χ2v) is 10.3. The molecule has 1 aromatic carbocycles.